The van der Waals surface area contributed by atoms with Gasteiger partial charge in [0.2, 0.25) is 0 Å². The van der Waals surface area contributed by atoms with E-state index in [2.05, 4.69) is 0 Å². The van der Waals surface area contributed by atoms with Gasteiger partial charge in [-0.3, -0.25) is 4.79 Å². The maximum Gasteiger partial charge on any atom is 0.163 e. The number of nitrogens with zero attached hydrogens (tertiary/aromatic N) is 2. The zero-order valence-electron chi connectivity index (χ0n) is 8.58. The molecular formula is C12H6F2N2O. The number of ketones is 1. The van der Waals surface area contributed by atoms with Crippen molar-refractivity contribution in [3.05, 3.63) is 34.9 Å². The molecule has 5 heteroatoms. The second kappa shape index (κ2) is 3.95. The Labute approximate surface area is 95.9 Å². The average Bonchev–Trinajstić information content (AvgIpc) is 2.60. The van der Waals surface area contributed by atoms with Crippen molar-refractivity contribution in [2.45, 2.75) is 12.3 Å². The minimum atomic E-state index is -1.09. The van der Waals surface area contributed by atoms with E-state index in [9.17, 15) is 13.6 Å². The topological polar surface area (TPSA) is 64.7 Å². The van der Waals surface area contributed by atoms with Crippen LogP contribution in [0.5, 0.6) is 0 Å². The van der Waals surface area contributed by atoms with Gasteiger partial charge in [-0.05, 0) is 17.7 Å². The first-order chi connectivity index (χ1) is 8.08. The van der Waals surface area contributed by atoms with Crippen LogP contribution < -0.4 is 0 Å². The molecule has 0 N–H and O–H groups in total. The molecule has 0 amide bonds. The van der Waals surface area contributed by atoms with Crippen LogP contribution in [0.25, 0.3) is 0 Å². The monoisotopic (exact) mass is 232 g/mol. The van der Waals surface area contributed by atoms with E-state index in [1.54, 1.807) is 12.1 Å². The predicted molar refractivity (Wildman–Crippen MR) is 52.8 cm³/mol. The molecule has 3 nitrogen and oxygen atoms in total. The van der Waals surface area contributed by atoms with Gasteiger partial charge >= 0.3 is 0 Å². The van der Waals surface area contributed by atoms with E-state index in [4.69, 9.17) is 10.5 Å². The molecule has 0 bridgehead atoms. The van der Waals surface area contributed by atoms with Crippen molar-refractivity contribution >= 4 is 5.78 Å². The van der Waals surface area contributed by atoms with Gasteiger partial charge in [0.05, 0.1) is 12.1 Å². The lowest BCUT2D eigenvalue weighted by Gasteiger charge is -2.10. The quantitative estimate of drug-likeness (QED) is 0.746. The van der Waals surface area contributed by atoms with Crippen LogP contribution >= 0.6 is 0 Å². The van der Waals surface area contributed by atoms with Crippen LogP contribution in [-0.2, 0) is 0 Å². The van der Waals surface area contributed by atoms with Crippen LogP contribution in [-0.4, -0.2) is 5.78 Å². The number of rotatable bonds is 1. The molecule has 1 aliphatic carbocycles. The van der Waals surface area contributed by atoms with Crippen LogP contribution in [0.4, 0.5) is 8.78 Å². The lowest BCUT2D eigenvalue weighted by molar-refractivity contribution is 0.0987. The first kappa shape index (κ1) is 11.2. The van der Waals surface area contributed by atoms with Gasteiger partial charge in [-0.15, -0.1) is 0 Å². The Bertz CT molecular complexity index is 569. The second-order valence-electron chi connectivity index (χ2n) is 3.82. The number of nitriles is 2. The predicted octanol–water partition coefficient (Wildman–Crippen LogP) is 2.30. The normalized spacial score (nSPS) is 17.7. The van der Waals surface area contributed by atoms with Crippen molar-refractivity contribution in [2.24, 2.45) is 5.92 Å². The van der Waals surface area contributed by atoms with Crippen LogP contribution in [0.15, 0.2) is 12.1 Å². The molecule has 0 spiro atoms. The number of hydrogen-bond donors (Lipinski definition) is 0. The molecule has 17 heavy (non-hydrogen) atoms. The van der Waals surface area contributed by atoms with Crippen molar-refractivity contribution in [1.82, 2.24) is 0 Å². The zero-order chi connectivity index (χ0) is 12.6. The third-order valence-electron chi connectivity index (χ3n) is 2.88. The standard InChI is InChI=1S/C12H6F2N2O/c13-10-1-8-7(6(4-15)5-16)3-12(17)9(8)2-11(10)14/h1-2,6-7H,3H2. The Kier molecular flexibility index (Phi) is 2.61. The van der Waals surface area contributed by atoms with Crippen molar-refractivity contribution in [1.29, 1.82) is 10.5 Å². The Balaban J connectivity index is 2.56. The van der Waals surface area contributed by atoms with Gasteiger partial charge in [0.25, 0.3) is 0 Å². The molecule has 0 aromatic heterocycles. The minimum Gasteiger partial charge on any atom is -0.294 e. The summed E-state index contributed by atoms with van der Waals surface area (Å²) in [6.07, 6.45) is -0.0516. The summed E-state index contributed by atoms with van der Waals surface area (Å²) in [5.74, 6) is -4.21. The highest BCUT2D eigenvalue weighted by Crippen LogP contribution is 2.38. The summed E-state index contributed by atoms with van der Waals surface area (Å²) in [7, 11) is 0. The SMILES string of the molecule is N#CC(C#N)C1CC(=O)c2cc(F)c(F)cc21. The van der Waals surface area contributed by atoms with E-state index in [1.807, 2.05) is 0 Å². The van der Waals surface area contributed by atoms with Gasteiger partial charge < -0.3 is 0 Å². The first-order valence-electron chi connectivity index (χ1n) is 4.90. The fraction of sp³-hybridized carbons (Fsp3) is 0.250. The first-order valence-corrected chi connectivity index (χ1v) is 4.90. The lowest BCUT2D eigenvalue weighted by Crippen LogP contribution is -2.07. The van der Waals surface area contributed by atoms with Crippen LogP contribution in [0.1, 0.15) is 28.3 Å². The minimum absolute atomic E-state index is 0.0516. The van der Waals surface area contributed by atoms with Gasteiger partial charge in [-0.25, -0.2) is 8.78 Å². The Morgan fingerprint density at radius 3 is 2.41 bits per heavy atom. The average molecular weight is 232 g/mol. The maximum atomic E-state index is 13.1. The summed E-state index contributed by atoms with van der Waals surface area (Å²) in [4.78, 5) is 11.6. The molecule has 0 fully saturated rings. The number of carbonyl (C=O) groups excluding carboxylic acids is 1. The molecule has 2 rings (SSSR count). The van der Waals surface area contributed by atoms with E-state index >= 15 is 0 Å². The number of fused-ring (bicyclic) bond motifs is 1. The summed E-state index contributed by atoms with van der Waals surface area (Å²) in [5, 5.41) is 17.5. The third kappa shape index (κ3) is 1.66. The number of benzene rings is 1. The van der Waals surface area contributed by atoms with E-state index in [-0.39, 0.29) is 23.3 Å². The van der Waals surface area contributed by atoms with E-state index < -0.39 is 23.5 Å². The fourth-order valence-corrected chi connectivity index (χ4v) is 2.04. The molecule has 0 aliphatic heterocycles. The summed E-state index contributed by atoms with van der Waals surface area (Å²) in [6, 6.07) is 5.26. The Hall–Kier alpha value is -2.27. The van der Waals surface area contributed by atoms with Crippen molar-refractivity contribution in [3.63, 3.8) is 0 Å². The fourth-order valence-electron chi connectivity index (χ4n) is 2.04. The molecule has 0 saturated carbocycles. The van der Waals surface area contributed by atoms with Crippen molar-refractivity contribution in [3.8, 4) is 12.1 Å². The molecule has 0 saturated heterocycles. The summed E-state index contributed by atoms with van der Waals surface area (Å²) in [5.41, 5.74) is 0.325. The molecule has 1 aromatic carbocycles. The Morgan fingerprint density at radius 1 is 1.24 bits per heavy atom. The van der Waals surface area contributed by atoms with Gasteiger partial charge in [0, 0.05) is 17.9 Å². The molecule has 1 atom stereocenters. The van der Waals surface area contributed by atoms with Crippen LogP contribution in [0.2, 0.25) is 0 Å². The molecule has 1 aromatic rings. The number of Topliss-reactive ketones (excluding diaryl/α,β-unsaturated/α-hetero) is 1. The van der Waals surface area contributed by atoms with E-state index in [0.717, 1.165) is 12.1 Å². The highest BCUT2D eigenvalue weighted by atomic mass is 19.2. The highest BCUT2D eigenvalue weighted by Gasteiger charge is 2.36. The highest BCUT2D eigenvalue weighted by molar-refractivity contribution is 6.01. The van der Waals surface area contributed by atoms with Gasteiger partial charge in [-0.2, -0.15) is 10.5 Å². The number of halogens is 2. The molecule has 0 heterocycles. The number of hydrogen-bond acceptors (Lipinski definition) is 3. The molecular weight excluding hydrogens is 226 g/mol. The van der Waals surface area contributed by atoms with Gasteiger partial charge in [0.15, 0.2) is 17.4 Å². The second-order valence-corrected chi connectivity index (χ2v) is 3.82. The van der Waals surface area contributed by atoms with E-state index in [0.29, 0.717) is 0 Å². The largest absolute Gasteiger partial charge is 0.294 e. The smallest absolute Gasteiger partial charge is 0.163 e. The molecule has 1 aliphatic rings. The summed E-state index contributed by atoms with van der Waals surface area (Å²) < 4.78 is 26.1. The lowest BCUT2D eigenvalue weighted by atomic mass is 9.89. The third-order valence-corrected chi connectivity index (χ3v) is 2.88. The van der Waals surface area contributed by atoms with Gasteiger partial charge in [0.1, 0.15) is 5.92 Å². The van der Waals surface area contributed by atoms with Crippen LogP contribution in [0.3, 0.4) is 0 Å². The Morgan fingerprint density at radius 2 is 1.82 bits per heavy atom. The van der Waals surface area contributed by atoms with Crippen molar-refractivity contribution in [2.75, 3.05) is 0 Å². The maximum absolute atomic E-state index is 13.1. The zero-order valence-corrected chi connectivity index (χ0v) is 8.58. The summed E-state index contributed by atoms with van der Waals surface area (Å²) >= 11 is 0. The van der Waals surface area contributed by atoms with Crippen molar-refractivity contribution < 1.29 is 13.6 Å². The molecule has 0 radical (unpaired) electrons. The summed E-state index contributed by atoms with van der Waals surface area (Å²) in [6.45, 7) is 0. The molecule has 1 unspecified atom stereocenters. The molecule has 84 valence electrons. The van der Waals surface area contributed by atoms with Gasteiger partial charge in [-0.1, -0.05) is 0 Å². The van der Waals surface area contributed by atoms with Crippen LogP contribution in [0, 0.1) is 40.2 Å². The van der Waals surface area contributed by atoms with E-state index in [1.165, 1.54) is 0 Å². The number of carbonyl (C=O) groups is 1.